The summed E-state index contributed by atoms with van der Waals surface area (Å²) in [6.45, 7) is -0.187. The number of benzene rings is 1. The Hall–Kier alpha value is -2.67. The van der Waals surface area contributed by atoms with E-state index in [2.05, 4.69) is 5.32 Å². The van der Waals surface area contributed by atoms with Crippen LogP contribution in [0.25, 0.3) is 10.1 Å². The van der Waals surface area contributed by atoms with E-state index in [9.17, 15) is 14.0 Å². The summed E-state index contributed by atoms with van der Waals surface area (Å²) in [7, 11) is 0. The molecule has 118 valence electrons. The molecule has 5 nitrogen and oxygen atoms in total. The van der Waals surface area contributed by atoms with Crippen molar-refractivity contribution in [3.63, 3.8) is 0 Å². The van der Waals surface area contributed by atoms with Gasteiger partial charge in [-0.25, -0.2) is 9.18 Å². The number of halogens is 1. The zero-order chi connectivity index (χ0) is 16.2. The molecule has 0 aliphatic carbocycles. The summed E-state index contributed by atoms with van der Waals surface area (Å²) in [5, 5.41) is 2.93. The minimum atomic E-state index is -0.654. The van der Waals surface area contributed by atoms with E-state index >= 15 is 0 Å². The lowest BCUT2D eigenvalue weighted by atomic mass is 10.2. The van der Waals surface area contributed by atoms with E-state index in [1.54, 1.807) is 24.3 Å². The molecular formula is C16H12FNO4S. The van der Waals surface area contributed by atoms with Gasteiger partial charge < -0.3 is 14.5 Å². The van der Waals surface area contributed by atoms with Crippen LogP contribution < -0.4 is 5.32 Å². The number of rotatable bonds is 5. The quantitative estimate of drug-likeness (QED) is 0.729. The van der Waals surface area contributed by atoms with E-state index in [0.717, 1.165) is 11.3 Å². The van der Waals surface area contributed by atoms with Crippen molar-refractivity contribution < 1.29 is 23.1 Å². The highest BCUT2D eigenvalue weighted by Crippen LogP contribution is 2.28. The SMILES string of the molecule is O=C(COC(=O)c1cc2c(F)cccc2s1)NCc1ccco1. The summed E-state index contributed by atoms with van der Waals surface area (Å²) in [4.78, 5) is 23.8. The smallest absolute Gasteiger partial charge is 0.348 e. The molecule has 7 heteroatoms. The van der Waals surface area contributed by atoms with Gasteiger partial charge in [-0.1, -0.05) is 6.07 Å². The molecule has 2 heterocycles. The zero-order valence-corrected chi connectivity index (χ0v) is 12.7. The van der Waals surface area contributed by atoms with E-state index in [0.29, 0.717) is 15.8 Å². The predicted molar refractivity (Wildman–Crippen MR) is 82.6 cm³/mol. The van der Waals surface area contributed by atoms with Crippen LogP contribution in [0.5, 0.6) is 0 Å². The summed E-state index contributed by atoms with van der Waals surface area (Å²) < 4.78 is 24.2. The van der Waals surface area contributed by atoms with Crippen molar-refractivity contribution in [3.05, 3.63) is 59.1 Å². The van der Waals surface area contributed by atoms with Crippen LogP contribution in [0.2, 0.25) is 0 Å². The Morgan fingerprint density at radius 2 is 2.13 bits per heavy atom. The number of furan rings is 1. The third kappa shape index (κ3) is 3.57. The molecule has 0 saturated carbocycles. The second kappa shape index (κ2) is 6.62. The number of ether oxygens (including phenoxy) is 1. The molecule has 1 amide bonds. The first-order valence-corrected chi connectivity index (χ1v) is 7.59. The number of fused-ring (bicyclic) bond motifs is 1. The molecule has 0 atom stereocenters. The first kappa shape index (κ1) is 15.2. The summed E-state index contributed by atoms with van der Waals surface area (Å²) in [6.07, 6.45) is 1.50. The molecule has 23 heavy (non-hydrogen) atoms. The van der Waals surface area contributed by atoms with Gasteiger partial charge >= 0.3 is 5.97 Å². The van der Waals surface area contributed by atoms with Crippen molar-refractivity contribution in [3.8, 4) is 0 Å². The fourth-order valence-electron chi connectivity index (χ4n) is 1.98. The average Bonchev–Trinajstić information content (AvgIpc) is 3.20. The highest BCUT2D eigenvalue weighted by molar-refractivity contribution is 7.20. The number of hydrogen-bond acceptors (Lipinski definition) is 5. The molecule has 0 spiro atoms. The first-order valence-electron chi connectivity index (χ1n) is 6.78. The highest BCUT2D eigenvalue weighted by Gasteiger charge is 2.15. The molecule has 0 aliphatic rings. The van der Waals surface area contributed by atoms with Gasteiger partial charge in [-0.15, -0.1) is 11.3 Å². The molecule has 0 fully saturated rings. The number of thiophene rings is 1. The topological polar surface area (TPSA) is 68.5 Å². The molecule has 2 aromatic heterocycles. The van der Waals surface area contributed by atoms with Crippen LogP contribution >= 0.6 is 11.3 Å². The largest absolute Gasteiger partial charge is 0.467 e. The molecule has 0 radical (unpaired) electrons. The Kier molecular flexibility index (Phi) is 4.38. The van der Waals surface area contributed by atoms with Gasteiger partial charge in [0.2, 0.25) is 0 Å². The van der Waals surface area contributed by atoms with Crippen LogP contribution in [0.1, 0.15) is 15.4 Å². The Labute approximate surface area is 134 Å². The van der Waals surface area contributed by atoms with Crippen LogP contribution in [0.15, 0.2) is 47.1 Å². The van der Waals surface area contributed by atoms with Crippen molar-refractivity contribution in [1.29, 1.82) is 0 Å². The fraction of sp³-hybridized carbons (Fsp3) is 0.125. The van der Waals surface area contributed by atoms with E-state index < -0.39 is 24.3 Å². The summed E-state index contributed by atoms with van der Waals surface area (Å²) >= 11 is 1.12. The number of carbonyl (C=O) groups excluding carboxylic acids is 2. The van der Waals surface area contributed by atoms with Crippen LogP contribution in [-0.2, 0) is 16.1 Å². The van der Waals surface area contributed by atoms with Gasteiger partial charge in [-0.3, -0.25) is 4.79 Å². The van der Waals surface area contributed by atoms with Crippen molar-refractivity contribution in [2.75, 3.05) is 6.61 Å². The van der Waals surface area contributed by atoms with Gasteiger partial charge in [0.05, 0.1) is 12.8 Å². The highest BCUT2D eigenvalue weighted by atomic mass is 32.1. The van der Waals surface area contributed by atoms with E-state index in [4.69, 9.17) is 9.15 Å². The number of hydrogen-bond donors (Lipinski definition) is 1. The number of nitrogens with one attached hydrogen (secondary N) is 1. The maximum atomic E-state index is 13.6. The van der Waals surface area contributed by atoms with Crippen LogP contribution in [0.3, 0.4) is 0 Å². The number of esters is 1. The molecular weight excluding hydrogens is 321 g/mol. The lowest BCUT2D eigenvalue weighted by molar-refractivity contribution is -0.124. The zero-order valence-electron chi connectivity index (χ0n) is 11.9. The van der Waals surface area contributed by atoms with Gasteiger partial charge in [0.1, 0.15) is 16.5 Å². The maximum absolute atomic E-state index is 13.6. The standard InChI is InChI=1S/C16H12FNO4S/c17-12-4-1-5-13-11(12)7-14(23-13)16(20)22-9-15(19)18-8-10-3-2-6-21-10/h1-7H,8-9H2,(H,18,19). The number of carbonyl (C=O) groups is 2. The maximum Gasteiger partial charge on any atom is 0.348 e. The van der Waals surface area contributed by atoms with Crippen molar-refractivity contribution in [1.82, 2.24) is 5.32 Å². The van der Waals surface area contributed by atoms with Crippen molar-refractivity contribution >= 4 is 33.3 Å². The van der Waals surface area contributed by atoms with E-state index in [1.807, 2.05) is 0 Å². The molecule has 3 rings (SSSR count). The Morgan fingerprint density at radius 1 is 1.26 bits per heavy atom. The first-order chi connectivity index (χ1) is 11.1. The lowest BCUT2D eigenvalue weighted by Gasteiger charge is -2.04. The summed E-state index contributed by atoms with van der Waals surface area (Å²) in [5.74, 6) is -0.889. The summed E-state index contributed by atoms with van der Waals surface area (Å²) in [6, 6.07) is 9.48. The molecule has 1 aromatic carbocycles. The average molecular weight is 333 g/mol. The molecule has 0 unspecified atom stereocenters. The predicted octanol–water partition coefficient (Wildman–Crippen LogP) is 3.11. The second-order valence-corrected chi connectivity index (χ2v) is 5.78. The van der Waals surface area contributed by atoms with Crippen LogP contribution in [0, 0.1) is 5.82 Å². The third-order valence-electron chi connectivity index (χ3n) is 3.08. The second-order valence-electron chi connectivity index (χ2n) is 4.69. The minimum Gasteiger partial charge on any atom is -0.467 e. The van der Waals surface area contributed by atoms with Gasteiger partial charge in [0, 0.05) is 10.1 Å². The van der Waals surface area contributed by atoms with Gasteiger partial charge in [0.15, 0.2) is 6.61 Å². The van der Waals surface area contributed by atoms with E-state index in [1.165, 1.54) is 18.4 Å². The normalized spacial score (nSPS) is 10.7. The van der Waals surface area contributed by atoms with Crippen molar-refractivity contribution in [2.45, 2.75) is 6.54 Å². The molecule has 1 N–H and O–H groups in total. The monoisotopic (exact) mass is 333 g/mol. The van der Waals surface area contributed by atoms with Gasteiger partial charge in [-0.05, 0) is 30.3 Å². The van der Waals surface area contributed by atoms with Crippen LogP contribution in [-0.4, -0.2) is 18.5 Å². The lowest BCUT2D eigenvalue weighted by Crippen LogP contribution is -2.28. The van der Waals surface area contributed by atoms with Crippen LogP contribution in [0.4, 0.5) is 4.39 Å². The Balaban J connectivity index is 1.55. The number of amides is 1. The Morgan fingerprint density at radius 3 is 2.87 bits per heavy atom. The fourth-order valence-corrected chi connectivity index (χ4v) is 2.95. The molecule has 3 aromatic rings. The molecule has 0 saturated heterocycles. The van der Waals surface area contributed by atoms with E-state index in [-0.39, 0.29) is 11.4 Å². The third-order valence-corrected chi connectivity index (χ3v) is 4.16. The molecule has 0 aliphatic heterocycles. The Bertz CT molecular complexity index is 841. The minimum absolute atomic E-state index is 0.220. The molecule has 0 bridgehead atoms. The van der Waals surface area contributed by atoms with Crippen molar-refractivity contribution in [2.24, 2.45) is 0 Å². The van der Waals surface area contributed by atoms with Gasteiger partial charge in [-0.2, -0.15) is 0 Å². The summed E-state index contributed by atoms with van der Waals surface area (Å²) in [5.41, 5.74) is 0. The van der Waals surface area contributed by atoms with Gasteiger partial charge in [0.25, 0.3) is 5.91 Å².